The minimum atomic E-state index is -0.476. The third-order valence-corrected chi connectivity index (χ3v) is 6.05. The molecule has 0 aliphatic carbocycles. The number of carbonyl (C=O) groups is 1. The molecule has 0 radical (unpaired) electrons. The second-order valence-corrected chi connectivity index (χ2v) is 8.87. The molecule has 0 unspecified atom stereocenters. The molecule has 6 heteroatoms. The summed E-state index contributed by atoms with van der Waals surface area (Å²) in [7, 11) is 3.21. The summed E-state index contributed by atoms with van der Waals surface area (Å²) in [6, 6.07) is 19.2. The number of carbonyl (C=O) groups excluding carboxylic acids is 1. The quantitative estimate of drug-likeness (QED) is 0.220. The molecule has 0 heterocycles. The Balaban J connectivity index is 1.87. The first kappa shape index (κ1) is 24.3. The largest absolute Gasteiger partial charge is 0.497 e. The molecule has 33 heavy (non-hydrogen) atoms. The predicted octanol–water partition coefficient (Wildman–Crippen LogP) is 6.06. The lowest BCUT2D eigenvalue weighted by Crippen LogP contribution is -2.13. The fraction of sp³-hybridized carbons (Fsp3) is 0.185. The lowest BCUT2D eigenvalue weighted by molar-refractivity contribution is -0.112. The number of hydrogen-bond donors (Lipinski definition) is 1. The number of nitrogens with one attached hydrogen (secondary N) is 1. The van der Waals surface area contributed by atoms with E-state index in [0.29, 0.717) is 11.4 Å². The number of ether oxygens (including phenoxy) is 2. The van der Waals surface area contributed by atoms with Crippen molar-refractivity contribution in [2.75, 3.05) is 19.5 Å². The van der Waals surface area contributed by atoms with Gasteiger partial charge in [-0.25, -0.2) is 0 Å². The van der Waals surface area contributed by atoms with Crippen LogP contribution in [0.1, 0.15) is 27.8 Å². The Kier molecular flexibility index (Phi) is 8.12. The van der Waals surface area contributed by atoms with Crippen LogP contribution in [0.3, 0.4) is 0 Å². The molecular formula is C27H25IN2O3. The summed E-state index contributed by atoms with van der Waals surface area (Å²) in [4.78, 5) is 12.6. The average molecular weight is 552 g/mol. The minimum absolute atomic E-state index is 0.00531. The normalized spacial score (nSPS) is 11.0. The highest BCUT2D eigenvalue weighted by atomic mass is 127. The number of nitriles is 1. The maximum absolute atomic E-state index is 12.6. The zero-order valence-corrected chi connectivity index (χ0v) is 21.2. The van der Waals surface area contributed by atoms with Gasteiger partial charge in [0.25, 0.3) is 5.91 Å². The van der Waals surface area contributed by atoms with Crippen LogP contribution < -0.4 is 14.8 Å². The van der Waals surface area contributed by atoms with Crippen molar-refractivity contribution in [2.45, 2.75) is 20.3 Å². The molecule has 3 aromatic carbocycles. The van der Waals surface area contributed by atoms with Crippen LogP contribution >= 0.6 is 22.6 Å². The van der Waals surface area contributed by atoms with E-state index in [1.165, 1.54) is 16.7 Å². The first-order valence-corrected chi connectivity index (χ1v) is 11.4. The van der Waals surface area contributed by atoms with Crippen molar-refractivity contribution < 1.29 is 14.3 Å². The maximum atomic E-state index is 12.6. The van der Waals surface area contributed by atoms with Crippen molar-refractivity contribution in [3.63, 3.8) is 0 Å². The van der Waals surface area contributed by atoms with Gasteiger partial charge < -0.3 is 14.8 Å². The Morgan fingerprint density at radius 3 is 2.27 bits per heavy atom. The van der Waals surface area contributed by atoms with Gasteiger partial charge in [0.05, 0.1) is 14.2 Å². The van der Waals surface area contributed by atoms with Crippen molar-refractivity contribution in [1.82, 2.24) is 0 Å². The van der Waals surface area contributed by atoms with Gasteiger partial charge in [-0.15, -0.1) is 0 Å². The number of anilines is 1. The van der Waals surface area contributed by atoms with Crippen LogP contribution in [-0.4, -0.2) is 20.1 Å². The topological polar surface area (TPSA) is 71.3 Å². The molecule has 1 amide bonds. The van der Waals surface area contributed by atoms with Crippen molar-refractivity contribution in [3.05, 3.63) is 91.6 Å². The minimum Gasteiger partial charge on any atom is -0.497 e. The van der Waals surface area contributed by atoms with Gasteiger partial charge in [0.1, 0.15) is 23.1 Å². The van der Waals surface area contributed by atoms with E-state index in [2.05, 4.69) is 60.0 Å². The summed E-state index contributed by atoms with van der Waals surface area (Å²) in [5.41, 5.74) is 6.04. The molecule has 0 saturated carbocycles. The zero-order chi connectivity index (χ0) is 24.0. The van der Waals surface area contributed by atoms with Crippen LogP contribution in [0.2, 0.25) is 0 Å². The van der Waals surface area contributed by atoms with Gasteiger partial charge >= 0.3 is 0 Å². The first-order chi connectivity index (χ1) is 15.8. The molecule has 168 valence electrons. The lowest BCUT2D eigenvalue weighted by atomic mass is 9.98. The van der Waals surface area contributed by atoms with E-state index in [1.54, 1.807) is 44.6 Å². The molecular weight excluding hydrogens is 527 g/mol. The second-order valence-electron chi connectivity index (χ2n) is 7.71. The van der Waals surface area contributed by atoms with Crippen molar-refractivity contribution in [2.24, 2.45) is 0 Å². The van der Waals surface area contributed by atoms with E-state index in [1.807, 2.05) is 18.2 Å². The third-order valence-electron chi connectivity index (χ3n) is 5.08. The van der Waals surface area contributed by atoms with Crippen molar-refractivity contribution in [1.29, 1.82) is 5.26 Å². The lowest BCUT2D eigenvalue weighted by Gasteiger charge is -2.14. The van der Waals surface area contributed by atoms with Crippen LogP contribution in [0.25, 0.3) is 6.08 Å². The molecule has 1 N–H and O–H groups in total. The number of benzene rings is 3. The van der Waals surface area contributed by atoms with Crippen LogP contribution in [0.15, 0.2) is 60.2 Å². The van der Waals surface area contributed by atoms with E-state index < -0.39 is 5.91 Å². The van der Waals surface area contributed by atoms with Gasteiger partial charge in [0, 0.05) is 21.2 Å². The maximum Gasteiger partial charge on any atom is 0.266 e. The molecule has 0 bridgehead atoms. The highest BCUT2D eigenvalue weighted by Gasteiger charge is 2.14. The van der Waals surface area contributed by atoms with E-state index >= 15 is 0 Å². The molecule has 0 aliphatic heterocycles. The second kappa shape index (κ2) is 11.0. The summed E-state index contributed by atoms with van der Waals surface area (Å²) in [5, 5.41) is 12.3. The fourth-order valence-electron chi connectivity index (χ4n) is 3.63. The molecule has 3 rings (SSSR count). The van der Waals surface area contributed by atoms with Gasteiger partial charge in [0.15, 0.2) is 0 Å². The summed E-state index contributed by atoms with van der Waals surface area (Å²) >= 11 is 2.28. The van der Waals surface area contributed by atoms with E-state index in [0.717, 1.165) is 26.9 Å². The molecule has 0 aromatic heterocycles. The predicted molar refractivity (Wildman–Crippen MR) is 140 cm³/mol. The van der Waals surface area contributed by atoms with Crippen LogP contribution in [0.5, 0.6) is 11.5 Å². The Hall–Kier alpha value is -3.31. The highest BCUT2D eigenvalue weighted by molar-refractivity contribution is 14.1. The van der Waals surface area contributed by atoms with E-state index in [-0.39, 0.29) is 5.57 Å². The van der Waals surface area contributed by atoms with Gasteiger partial charge in [-0.1, -0.05) is 29.3 Å². The number of hydrogen-bond acceptors (Lipinski definition) is 4. The summed E-state index contributed by atoms with van der Waals surface area (Å²) in [6.45, 7) is 4.18. The summed E-state index contributed by atoms with van der Waals surface area (Å²) < 4.78 is 11.8. The molecule has 5 nitrogen and oxygen atoms in total. The van der Waals surface area contributed by atoms with E-state index in [9.17, 15) is 10.1 Å². The highest BCUT2D eigenvalue weighted by Crippen LogP contribution is 2.30. The number of nitrogens with zero attached hydrogens (tertiary/aromatic N) is 1. The molecule has 0 fully saturated rings. The molecule has 3 aromatic rings. The smallest absolute Gasteiger partial charge is 0.266 e. The van der Waals surface area contributed by atoms with Crippen molar-refractivity contribution in [3.8, 4) is 17.6 Å². The Morgan fingerprint density at radius 1 is 1.03 bits per heavy atom. The Morgan fingerprint density at radius 2 is 1.70 bits per heavy atom. The monoisotopic (exact) mass is 552 g/mol. The van der Waals surface area contributed by atoms with Gasteiger partial charge in [-0.3, -0.25) is 4.79 Å². The molecule has 0 atom stereocenters. The number of methoxy groups -OCH3 is 2. The van der Waals surface area contributed by atoms with Crippen LogP contribution in [-0.2, 0) is 11.2 Å². The van der Waals surface area contributed by atoms with Crippen molar-refractivity contribution >= 4 is 40.3 Å². The third kappa shape index (κ3) is 6.36. The Bertz CT molecular complexity index is 1220. The number of rotatable bonds is 7. The van der Waals surface area contributed by atoms with Crippen LogP contribution in [0, 0.1) is 28.7 Å². The SMILES string of the molecule is COc1ccc(NC(=O)/C(C#N)=C/c2cc(I)c(Cc3cc(C)cc(C)c3)c(OC)c2)cc1. The number of aryl methyl sites for hydroxylation is 2. The van der Waals surface area contributed by atoms with Gasteiger partial charge in [0.2, 0.25) is 0 Å². The Labute approximate surface area is 208 Å². The fourth-order valence-corrected chi connectivity index (χ4v) is 4.45. The molecule has 0 saturated heterocycles. The molecule has 0 aliphatic rings. The molecule has 0 spiro atoms. The zero-order valence-electron chi connectivity index (χ0n) is 19.0. The average Bonchev–Trinajstić information content (AvgIpc) is 2.78. The van der Waals surface area contributed by atoms with Crippen LogP contribution in [0.4, 0.5) is 5.69 Å². The summed E-state index contributed by atoms with van der Waals surface area (Å²) in [6.07, 6.45) is 2.31. The van der Waals surface area contributed by atoms with Gasteiger partial charge in [-0.2, -0.15) is 5.26 Å². The summed E-state index contributed by atoms with van der Waals surface area (Å²) in [5.74, 6) is 0.933. The number of halogens is 1. The van der Waals surface area contributed by atoms with Gasteiger partial charge in [-0.05, 0) is 90.0 Å². The first-order valence-electron chi connectivity index (χ1n) is 10.3. The van der Waals surface area contributed by atoms with E-state index in [4.69, 9.17) is 9.47 Å². The number of amides is 1. The standard InChI is InChI=1S/C27H25IN2O3/c1-17-9-18(2)11-19(10-17)13-24-25(28)14-20(15-26(24)33-4)12-21(16-29)27(31)30-22-5-7-23(32-3)8-6-22/h5-12,14-15H,13H2,1-4H3,(H,30,31)/b21-12+.